The van der Waals surface area contributed by atoms with E-state index in [2.05, 4.69) is 15.2 Å². The molecule has 2 N–H and O–H groups in total. The standard InChI is InChI=1S/C18H27N3O2/c1-14-7-8-15(16(20-14)21-11-5-6-12-21)13-19-17(22)18(23)9-3-2-4-10-18/h7-8,23H,2-6,9-13H2,1H3,(H,19,22). The number of carbonyl (C=O) groups is 1. The predicted octanol–water partition coefficient (Wildman–Crippen LogP) is 2.30. The number of hydrogen-bond donors (Lipinski definition) is 2. The van der Waals surface area contributed by atoms with Gasteiger partial charge < -0.3 is 15.3 Å². The molecule has 2 heterocycles. The van der Waals surface area contributed by atoms with Crippen molar-refractivity contribution in [3.8, 4) is 0 Å². The SMILES string of the molecule is Cc1ccc(CNC(=O)C2(O)CCCCC2)c(N2CCCC2)n1. The number of anilines is 1. The van der Waals surface area contributed by atoms with Gasteiger partial charge in [-0.3, -0.25) is 4.79 Å². The quantitative estimate of drug-likeness (QED) is 0.894. The van der Waals surface area contributed by atoms with Gasteiger partial charge in [0.2, 0.25) is 0 Å². The van der Waals surface area contributed by atoms with Gasteiger partial charge in [-0.15, -0.1) is 0 Å². The van der Waals surface area contributed by atoms with Crippen molar-refractivity contribution in [2.75, 3.05) is 18.0 Å². The van der Waals surface area contributed by atoms with Crippen LogP contribution >= 0.6 is 0 Å². The van der Waals surface area contributed by atoms with Crippen molar-refractivity contribution < 1.29 is 9.90 Å². The fraction of sp³-hybridized carbons (Fsp3) is 0.667. The molecule has 0 aromatic carbocycles. The first-order valence-corrected chi connectivity index (χ1v) is 8.81. The van der Waals surface area contributed by atoms with E-state index in [0.717, 1.165) is 49.4 Å². The van der Waals surface area contributed by atoms with Gasteiger partial charge in [-0.1, -0.05) is 25.3 Å². The van der Waals surface area contributed by atoms with Crippen LogP contribution in [0, 0.1) is 6.92 Å². The molecule has 0 bridgehead atoms. The highest BCUT2D eigenvalue weighted by Crippen LogP contribution is 2.28. The Hall–Kier alpha value is -1.62. The molecule has 2 fully saturated rings. The molecule has 5 nitrogen and oxygen atoms in total. The highest BCUT2D eigenvalue weighted by molar-refractivity contribution is 5.85. The van der Waals surface area contributed by atoms with Gasteiger partial charge in [0.1, 0.15) is 11.4 Å². The van der Waals surface area contributed by atoms with Gasteiger partial charge in [0.05, 0.1) is 0 Å². The second-order valence-electron chi connectivity index (χ2n) is 6.90. The van der Waals surface area contributed by atoms with Crippen LogP contribution in [0.3, 0.4) is 0 Å². The summed E-state index contributed by atoms with van der Waals surface area (Å²) >= 11 is 0. The molecule has 2 aliphatic rings. The van der Waals surface area contributed by atoms with Crippen LogP contribution in [-0.4, -0.2) is 34.7 Å². The van der Waals surface area contributed by atoms with Crippen LogP contribution in [0.15, 0.2) is 12.1 Å². The smallest absolute Gasteiger partial charge is 0.252 e. The van der Waals surface area contributed by atoms with E-state index in [4.69, 9.17) is 0 Å². The zero-order valence-electron chi connectivity index (χ0n) is 14.0. The molecule has 1 aromatic rings. The minimum atomic E-state index is -1.18. The number of carbonyl (C=O) groups excluding carboxylic acids is 1. The van der Waals surface area contributed by atoms with Crippen molar-refractivity contribution in [2.24, 2.45) is 0 Å². The number of rotatable bonds is 4. The number of hydrogen-bond acceptors (Lipinski definition) is 4. The van der Waals surface area contributed by atoms with Gasteiger partial charge in [-0.25, -0.2) is 4.98 Å². The molecule has 0 radical (unpaired) electrons. The van der Waals surface area contributed by atoms with E-state index in [-0.39, 0.29) is 5.91 Å². The molecular weight excluding hydrogens is 290 g/mol. The molecule has 1 aliphatic carbocycles. The van der Waals surface area contributed by atoms with E-state index in [0.29, 0.717) is 19.4 Å². The Morgan fingerprint density at radius 1 is 1.22 bits per heavy atom. The van der Waals surface area contributed by atoms with Gasteiger partial charge in [0.15, 0.2) is 0 Å². The first-order chi connectivity index (χ1) is 11.1. The third kappa shape index (κ3) is 3.66. The molecule has 23 heavy (non-hydrogen) atoms. The van der Waals surface area contributed by atoms with Crippen LogP contribution in [0.5, 0.6) is 0 Å². The van der Waals surface area contributed by atoms with E-state index in [1.165, 1.54) is 12.8 Å². The minimum absolute atomic E-state index is 0.231. The average Bonchev–Trinajstić information content (AvgIpc) is 3.08. The van der Waals surface area contributed by atoms with E-state index < -0.39 is 5.60 Å². The summed E-state index contributed by atoms with van der Waals surface area (Å²) in [5, 5.41) is 13.4. The summed E-state index contributed by atoms with van der Waals surface area (Å²) in [7, 11) is 0. The first kappa shape index (κ1) is 16.2. The van der Waals surface area contributed by atoms with Crippen LogP contribution in [0.1, 0.15) is 56.2 Å². The summed E-state index contributed by atoms with van der Waals surface area (Å²) in [6.07, 6.45) is 6.50. The Balaban J connectivity index is 1.69. The maximum Gasteiger partial charge on any atom is 0.252 e. The Morgan fingerprint density at radius 2 is 1.91 bits per heavy atom. The summed E-state index contributed by atoms with van der Waals surface area (Å²) in [5.41, 5.74) is 0.850. The van der Waals surface area contributed by atoms with Crippen LogP contribution in [0.2, 0.25) is 0 Å². The third-order valence-electron chi connectivity index (χ3n) is 5.04. The van der Waals surface area contributed by atoms with Gasteiger partial charge in [0, 0.05) is 30.9 Å². The Morgan fingerprint density at radius 3 is 2.61 bits per heavy atom. The zero-order valence-corrected chi connectivity index (χ0v) is 14.0. The number of amides is 1. The molecule has 0 atom stereocenters. The lowest BCUT2D eigenvalue weighted by Crippen LogP contribution is -2.47. The highest BCUT2D eigenvalue weighted by Gasteiger charge is 2.36. The molecular formula is C18H27N3O2. The van der Waals surface area contributed by atoms with Crippen molar-refractivity contribution in [2.45, 2.75) is 64.0 Å². The van der Waals surface area contributed by atoms with E-state index in [1.807, 2.05) is 19.1 Å². The lowest BCUT2D eigenvalue weighted by Gasteiger charge is -2.30. The summed E-state index contributed by atoms with van der Waals surface area (Å²) in [6.45, 7) is 4.48. The van der Waals surface area contributed by atoms with Gasteiger partial charge in [-0.05, 0) is 38.7 Å². The summed E-state index contributed by atoms with van der Waals surface area (Å²) in [4.78, 5) is 19.4. The lowest BCUT2D eigenvalue weighted by atomic mass is 9.84. The monoisotopic (exact) mass is 317 g/mol. The molecule has 126 valence electrons. The maximum atomic E-state index is 12.4. The largest absolute Gasteiger partial charge is 0.380 e. The fourth-order valence-corrected chi connectivity index (χ4v) is 3.62. The molecule has 1 saturated heterocycles. The van der Waals surface area contributed by atoms with Gasteiger partial charge in [0.25, 0.3) is 5.91 Å². The molecule has 0 spiro atoms. The summed E-state index contributed by atoms with van der Waals surface area (Å²) in [6, 6.07) is 4.03. The average molecular weight is 317 g/mol. The van der Waals surface area contributed by atoms with Crippen LogP contribution < -0.4 is 10.2 Å². The number of nitrogens with one attached hydrogen (secondary N) is 1. The fourth-order valence-electron chi connectivity index (χ4n) is 3.62. The topological polar surface area (TPSA) is 65.5 Å². The minimum Gasteiger partial charge on any atom is -0.380 e. The third-order valence-corrected chi connectivity index (χ3v) is 5.04. The molecule has 5 heteroatoms. The first-order valence-electron chi connectivity index (χ1n) is 8.81. The highest BCUT2D eigenvalue weighted by atomic mass is 16.3. The van der Waals surface area contributed by atoms with Gasteiger partial charge >= 0.3 is 0 Å². The normalized spacial score (nSPS) is 20.5. The molecule has 0 unspecified atom stereocenters. The van der Waals surface area contributed by atoms with E-state index in [9.17, 15) is 9.90 Å². The van der Waals surface area contributed by atoms with Gasteiger partial charge in [-0.2, -0.15) is 0 Å². The molecule has 3 rings (SSSR count). The molecule has 1 aromatic heterocycles. The van der Waals surface area contributed by atoms with Crippen molar-refractivity contribution in [3.63, 3.8) is 0 Å². The van der Waals surface area contributed by atoms with Crippen molar-refractivity contribution in [1.29, 1.82) is 0 Å². The number of nitrogens with zero attached hydrogens (tertiary/aromatic N) is 2. The van der Waals surface area contributed by atoms with Crippen molar-refractivity contribution >= 4 is 11.7 Å². The number of aromatic nitrogens is 1. The molecule has 1 aliphatic heterocycles. The van der Waals surface area contributed by atoms with E-state index in [1.54, 1.807) is 0 Å². The second kappa shape index (κ2) is 6.87. The number of aryl methyl sites for hydroxylation is 1. The van der Waals surface area contributed by atoms with Crippen LogP contribution in [-0.2, 0) is 11.3 Å². The summed E-state index contributed by atoms with van der Waals surface area (Å²) < 4.78 is 0. The van der Waals surface area contributed by atoms with E-state index >= 15 is 0 Å². The van der Waals surface area contributed by atoms with Crippen molar-refractivity contribution in [1.82, 2.24) is 10.3 Å². The Bertz CT molecular complexity index is 561. The molecule has 1 amide bonds. The van der Waals surface area contributed by atoms with Crippen LogP contribution in [0.4, 0.5) is 5.82 Å². The Kier molecular flexibility index (Phi) is 4.85. The number of pyridine rings is 1. The van der Waals surface area contributed by atoms with Crippen LogP contribution in [0.25, 0.3) is 0 Å². The maximum absolute atomic E-state index is 12.4. The number of aliphatic hydroxyl groups is 1. The predicted molar refractivity (Wildman–Crippen MR) is 90.3 cm³/mol. The molecule has 1 saturated carbocycles. The zero-order chi connectivity index (χ0) is 16.3. The summed E-state index contributed by atoms with van der Waals surface area (Å²) in [5.74, 6) is 0.753. The lowest BCUT2D eigenvalue weighted by molar-refractivity contribution is -0.143. The Labute approximate surface area is 138 Å². The second-order valence-corrected chi connectivity index (χ2v) is 6.90. The van der Waals surface area contributed by atoms with Crippen molar-refractivity contribution in [3.05, 3.63) is 23.4 Å².